The quantitative estimate of drug-likeness (QED) is 0.659. The van der Waals surface area contributed by atoms with E-state index in [2.05, 4.69) is 15.7 Å². The van der Waals surface area contributed by atoms with Gasteiger partial charge in [0, 0.05) is 12.7 Å². The zero-order chi connectivity index (χ0) is 13.2. The van der Waals surface area contributed by atoms with E-state index in [9.17, 15) is 9.59 Å². The molecule has 1 saturated heterocycles. The smallest absolute Gasteiger partial charge is 0.239 e. The Morgan fingerprint density at radius 3 is 3.06 bits per heavy atom. The Bertz CT molecular complexity index is 462. The largest absolute Gasteiger partial charge is 0.368 e. The summed E-state index contributed by atoms with van der Waals surface area (Å²) in [6, 6.07) is 0. The summed E-state index contributed by atoms with van der Waals surface area (Å²) in [5, 5.41) is 9.92. The minimum absolute atomic E-state index is 0.00862. The summed E-state index contributed by atoms with van der Waals surface area (Å²) in [5.41, 5.74) is 5.26. The second-order valence-electron chi connectivity index (χ2n) is 4.83. The average Bonchev–Trinajstić information content (AvgIpc) is 2.88. The van der Waals surface area contributed by atoms with Crippen LogP contribution in [0.1, 0.15) is 13.3 Å². The number of aromatic nitrogens is 2. The van der Waals surface area contributed by atoms with Crippen molar-refractivity contribution in [3.63, 3.8) is 0 Å². The summed E-state index contributed by atoms with van der Waals surface area (Å²) in [7, 11) is 0. The van der Waals surface area contributed by atoms with Crippen LogP contribution in [0.25, 0.3) is 0 Å². The van der Waals surface area contributed by atoms with E-state index in [0.29, 0.717) is 12.2 Å². The fraction of sp³-hybridized carbons (Fsp3) is 0.545. The van der Waals surface area contributed by atoms with Gasteiger partial charge < -0.3 is 16.4 Å². The molecule has 18 heavy (non-hydrogen) atoms. The van der Waals surface area contributed by atoms with Crippen molar-refractivity contribution in [2.24, 2.45) is 11.1 Å². The van der Waals surface area contributed by atoms with Gasteiger partial charge >= 0.3 is 0 Å². The van der Waals surface area contributed by atoms with Crippen LogP contribution in [0.4, 0.5) is 5.69 Å². The maximum absolute atomic E-state index is 12.1. The highest BCUT2D eigenvalue weighted by molar-refractivity contribution is 5.95. The van der Waals surface area contributed by atoms with Crippen LogP contribution >= 0.6 is 0 Å². The molecule has 1 aromatic heterocycles. The predicted molar refractivity (Wildman–Crippen MR) is 65.6 cm³/mol. The van der Waals surface area contributed by atoms with Crippen LogP contribution in [-0.4, -0.2) is 34.7 Å². The topological polar surface area (TPSA) is 102 Å². The van der Waals surface area contributed by atoms with Gasteiger partial charge in [-0.1, -0.05) is 0 Å². The van der Waals surface area contributed by atoms with E-state index in [-0.39, 0.29) is 17.9 Å². The molecule has 1 aromatic rings. The molecule has 0 aromatic carbocycles. The maximum atomic E-state index is 12.1. The first kappa shape index (κ1) is 12.6. The summed E-state index contributed by atoms with van der Waals surface area (Å²) < 4.78 is 1.40. The Kier molecular flexibility index (Phi) is 3.33. The van der Waals surface area contributed by atoms with Gasteiger partial charge in [-0.3, -0.25) is 14.3 Å². The highest BCUT2D eigenvalue weighted by Gasteiger charge is 2.36. The summed E-state index contributed by atoms with van der Waals surface area (Å²) in [4.78, 5) is 22.8. The fourth-order valence-electron chi connectivity index (χ4n) is 1.97. The summed E-state index contributed by atoms with van der Waals surface area (Å²) in [6.45, 7) is 3.46. The second-order valence-corrected chi connectivity index (χ2v) is 4.83. The van der Waals surface area contributed by atoms with Gasteiger partial charge in [-0.2, -0.15) is 5.10 Å². The zero-order valence-corrected chi connectivity index (χ0v) is 10.3. The Morgan fingerprint density at radius 2 is 2.44 bits per heavy atom. The third kappa shape index (κ3) is 2.67. The second kappa shape index (κ2) is 4.77. The summed E-state index contributed by atoms with van der Waals surface area (Å²) in [5.74, 6) is -0.506. The first-order valence-corrected chi connectivity index (χ1v) is 5.82. The Hall–Kier alpha value is -1.89. The Labute approximate surface area is 105 Å². The van der Waals surface area contributed by atoms with Gasteiger partial charge in [-0.15, -0.1) is 0 Å². The molecule has 0 aliphatic carbocycles. The molecule has 0 spiro atoms. The number of nitrogens with zero attached hydrogens (tertiary/aromatic N) is 2. The van der Waals surface area contributed by atoms with Crippen molar-refractivity contribution in [3.8, 4) is 0 Å². The molecule has 2 amide bonds. The van der Waals surface area contributed by atoms with Crippen molar-refractivity contribution in [2.75, 3.05) is 18.4 Å². The third-order valence-electron chi connectivity index (χ3n) is 3.13. The third-order valence-corrected chi connectivity index (χ3v) is 3.13. The monoisotopic (exact) mass is 251 g/mol. The van der Waals surface area contributed by atoms with Crippen LogP contribution in [0.15, 0.2) is 12.4 Å². The fourth-order valence-corrected chi connectivity index (χ4v) is 1.97. The lowest BCUT2D eigenvalue weighted by Gasteiger charge is -2.20. The van der Waals surface area contributed by atoms with E-state index in [4.69, 9.17) is 5.73 Å². The first-order chi connectivity index (χ1) is 8.49. The minimum atomic E-state index is -0.470. The number of hydrogen-bond donors (Lipinski definition) is 3. The van der Waals surface area contributed by atoms with Crippen molar-refractivity contribution < 1.29 is 9.59 Å². The normalized spacial score (nSPS) is 22.9. The van der Waals surface area contributed by atoms with Gasteiger partial charge in [0.1, 0.15) is 6.54 Å². The molecule has 1 fully saturated rings. The Balaban J connectivity index is 1.99. The highest BCUT2D eigenvalue weighted by Crippen LogP contribution is 2.26. The van der Waals surface area contributed by atoms with Gasteiger partial charge in [0.15, 0.2) is 0 Å². The van der Waals surface area contributed by atoms with Crippen LogP contribution < -0.4 is 16.4 Å². The number of rotatable bonds is 4. The molecule has 1 aliphatic heterocycles. The lowest BCUT2D eigenvalue weighted by Crippen LogP contribution is -2.35. The number of carbonyl (C=O) groups excluding carboxylic acids is 2. The molecule has 0 radical (unpaired) electrons. The molecular weight excluding hydrogens is 234 g/mol. The molecule has 7 nitrogen and oxygen atoms in total. The number of nitrogens with two attached hydrogens (primary N) is 1. The van der Waals surface area contributed by atoms with E-state index in [1.54, 1.807) is 6.20 Å². The molecular formula is C11H17N5O2. The summed E-state index contributed by atoms with van der Waals surface area (Å²) >= 11 is 0. The number of primary amides is 1. The van der Waals surface area contributed by atoms with E-state index < -0.39 is 5.91 Å². The van der Waals surface area contributed by atoms with Crippen LogP contribution in [0.2, 0.25) is 0 Å². The first-order valence-electron chi connectivity index (χ1n) is 5.82. The Morgan fingerprint density at radius 1 is 1.67 bits per heavy atom. The van der Waals surface area contributed by atoms with Crippen molar-refractivity contribution in [1.82, 2.24) is 15.1 Å². The van der Waals surface area contributed by atoms with Crippen LogP contribution in [-0.2, 0) is 16.1 Å². The van der Waals surface area contributed by atoms with E-state index in [1.165, 1.54) is 10.9 Å². The van der Waals surface area contributed by atoms with Crippen LogP contribution in [0.3, 0.4) is 0 Å². The summed E-state index contributed by atoms with van der Waals surface area (Å²) in [6.07, 6.45) is 3.91. The van der Waals surface area contributed by atoms with Gasteiger partial charge in [-0.25, -0.2) is 0 Å². The van der Waals surface area contributed by atoms with Gasteiger partial charge in [0.25, 0.3) is 0 Å². The molecule has 2 rings (SSSR count). The molecule has 1 unspecified atom stereocenters. The van der Waals surface area contributed by atoms with Crippen molar-refractivity contribution in [1.29, 1.82) is 0 Å². The molecule has 0 bridgehead atoms. The highest BCUT2D eigenvalue weighted by atomic mass is 16.2. The number of carbonyl (C=O) groups is 2. The minimum Gasteiger partial charge on any atom is -0.368 e. The molecule has 1 aliphatic rings. The SMILES string of the molecule is CC1(C(=O)Nc2cnn(CC(N)=O)c2)CCNC1. The molecule has 0 saturated carbocycles. The number of anilines is 1. The van der Waals surface area contributed by atoms with Crippen molar-refractivity contribution in [3.05, 3.63) is 12.4 Å². The van der Waals surface area contributed by atoms with E-state index in [0.717, 1.165) is 13.0 Å². The van der Waals surface area contributed by atoms with Crippen molar-refractivity contribution in [2.45, 2.75) is 19.9 Å². The number of nitrogens with one attached hydrogen (secondary N) is 2. The lowest BCUT2D eigenvalue weighted by atomic mass is 9.89. The zero-order valence-electron chi connectivity index (χ0n) is 10.3. The predicted octanol–water partition coefficient (Wildman–Crippen LogP) is -0.693. The molecule has 4 N–H and O–H groups in total. The maximum Gasteiger partial charge on any atom is 0.239 e. The van der Waals surface area contributed by atoms with E-state index >= 15 is 0 Å². The molecule has 7 heteroatoms. The molecule has 1 atom stereocenters. The lowest BCUT2D eigenvalue weighted by molar-refractivity contribution is -0.123. The number of hydrogen-bond acceptors (Lipinski definition) is 4. The van der Waals surface area contributed by atoms with Gasteiger partial charge in [0.05, 0.1) is 17.3 Å². The standard InChI is InChI=1S/C11H17N5O2/c1-11(2-3-13-7-11)10(18)15-8-4-14-16(5-8)6-9(12)17/h4-5,13H,2-3,6-7H2,1H3,(H2,12,17)(H,15,18). The van der Waals surface area contributed by atoms with Crippen LogP contribution in [0, 0.1) is 5.41 Å². The van der Waals surface area contributed by atoms with Gasteiger partial charge in [0.2, 0.25) is 11.8 Å². The van der Waals surface area contributed by atoms with Gasteiger partial charge in [-0.05, 0) is 19.9 Å². The molecule has 2 heterocycles. The molecule has 98 valence electrons. The number of amides is 2. The van der Waals surface area contributed by atoms with Crippen molar-refractivity contribution >= 4 is 17.5 Å². The average molecular weight is 251 g/mol. The van der Waals surface area contributed by atoms with E-state index in [1.807, 2.05) is 6.92 Å². The van der Waals surface area contributed by atoms with Crippen LogP contribution in [0.5, 0.6) is 0 Å².